The molecule has 3 aromatic rings. The van der Waals surface area contributed by atoms with Crippen molar-refractivity contribution in [1.82, 2.24) is 4.98 Å². The predicted octanol–water partition coefficient (Wildman–Crippen LogP) is 3.71. The largest absolute Gasteiger partial charge is 0.497 e. The molecule has 0 spiro atoms. The van der Waals surface area contributed by atoms with E-state index in [-0.39, 0.29) is 5.56 Å². The number of nitrogens with one attached hydrogen (secondary N) is 2. The number of methoxy groups -OCH3 is 1. The zero-order chi connectivity index (χ0) is 15.7. The minimum Gasteiger partial charge on any atom is -0.497 e. The lowest BCUT2D eigenvalue weighted by atomic mass is 10.1. The second-order valence-corrected chi connectivity index (χ2v) is 4.66. The monoisotopic (exact) mass is 302 g/mol. The first kappa shape index (κ1) is 14.1. The normalized spacial score (nSPS) is 10.7. The number of carbonyl (C=O) groups is 1. The van der Waals surface area contributed by atoms with Crippen LogP contribution < -0.4 is 10.1 Å². The quantitative estimate of drug-likeness (QED) is 0.775. The SMILES string of the molecule is COc1ccc2[nH]cc(C(=O)Nc3c(F)cccc3F)c2c1. The molecule has 0 aliphatic rings. The molecule has 6 heteroatoms. The van der Waals surface area contributed by atoms with Crippen molar-refractivity contribution in [1.29, 1.82) is 0 Å². The summed E-state index contributed by atoms with van der Waals surface area (Å²) in [5.41, 5.74) is 0.529. The molecule has 0 aliphatic heterocycles. The molecule has 0 saturated carbocycles. The first-order valence-corrected chi connectivity index (χ1v) is 6.50. The van der Waals surface area contributed by atoms with Gasteiger partial charge in [-0.3, -0.25) is 4.79 Å². The van der Waals surface area contributed by atoms with Gasteiger partial charge in [-0.1, -0.05) is 6.07 Å². The van der Waals surface area contributed by atoms with Gasteiger partial charge in [0, 0.05) is 17.1 Å². The smallest absolute Gasteiger partial charge is 0.257 e. The van der Waals surface area contributed by atoms with Gasteiger partial charge in [0.2, 0.25) is 0 Å². The Morgan fingerprint density at radius 1 is 1.18 bits per heavy atom. The van der Waals surface area contributed by atoms with Crippen molar-refractivity contribution < 1.29 is 18.3 Å². The van der Waals surface area contributed by atoms with Crippen molar-refractivity contribution in [3.8, 4) is 5.75 Å². The summed E-state index contributed by atoms with van der Waals surface area (Å²) in [7, 11) is 1.52. The predicted molar refractivity (Wildman–Crippen MR) is 79.2 cm³/mol. The van der Waals surface area contributed by atoms with E-state index in [2.05, 4.69) is 10.3 Å². The van der Waals surface area contributed by atoms with Gasteiger partial charge in [-0.05, 0) is 30.3 Å². The number of hydrogen-bond acceptors (Lipinski definition) is 2. The number of ether oxygens (including phenoxy) is 1. The van der Waals surface area contributed by atoms with E-state index in [4.69, 9.17) is 4.74 Å². The van der Waals surface area contributed by atoms with Crippen molar-refractivity contribution in [3.05, 3.63) is 59.8 Å². The maximum absolute atomic E-state index is 13.6. The van der Waals surface area contributed by atoms with Gasteiger partial charge in [0.25, 0.3) is 5.91 Å². The number of hydrogen-bond donors (Lipinski definition) is 2. The van der Waals surface area contributed by atoms with E-state index < -0.39 is 23.2 Å². The number of benzene rings is 2. The number of aromatic amines is 1. The molecule has 2 aromatic carbocycles. The summed E-state index contributed by atoms with van der Waals surface area (Å²) in [5.74, 6) is -1.68. The van der Waals surface area contributed by atoms with Gasteiger partial charge in [-0.2, -0.15) is 0 Å². The molecule has 0 fully saturated rings. The number of carbonyl (C=O) groups excluding carboxylic acids is 1. The molecular weight excluding hydrogens is 290 g/mol. The average Bonchev–Trinajstić information content (AvgIpc) is 2.94. The van der Waals surface area contributed by atoms with E-state index >= 15 is 0 Å². The van der Waals surface area contributed by atoms with E-state index in [0.717, 1.165) is 17.6 Å². The van der Waals surface area contributed by atoms with Crippen molar-refractivity contribution in [2.45, 2.75) is 0 Å². The van der Waals surface area contributed by atoms with Gasteiger partial charge >= 0.3 is 0 Å². The lowest BCUT2D eigenvalue weighted by Gasteiger charge is -2.07. The summed E-state index contributed by atoms with van der Waals surface area (Å²) in [4.78, 5) is 15.2. The zero-order valence-corrected chi connectivity index (χ0v) is 11.6. The lowest BCUT2D eigenvalue weighted by molar-refractivity contribution is 0.102. The molecular formula is C16H12F2N2O2. The van der Waals surface area contributed by atoms with Crippen molar-refractivity contribution >= 4 is 22.5 Å². The van der Waals surface area contributed by atoms with Gasteiger partial charge in [0.1, 0.15) is 23.1 Å². The maximum atomic E-state index is 13.6. The first-order valence-electron chi connectivity index (χ1n) is 6.50. The van der Waals surface area contributed by atoms with Gasteiger partial charge in [-0.25, -0.2) is 8.78 Å². The minimum absolute atomic E-state index is 0.275. The Morgan fingerprint density at radius 2 is 1.91 bits per heavy atom. The Labute approximate surface area is 124 Å². The van der Waals surface area contributed by atoms with Crippen molar-refractivity contribution in [3.63, 3.8) is 0 Å². The lowest BCUT2D eigenvalue weighted by Crippen LogP contribution is -2.13. The molecule has 4 nitrogen and oxygen atoms in total. The summed E-state index contributed by atoms with van der Waals surface area (Å²) in [6.45, 7) is 0. The van der Waals surface area contributed by atoms with Crippen LogP contribution in [0.1, 0.15) is 10.4 Å². The van der Waals surface area contributed by atoms with Crippen LogP contribution in [-0.4, -0.2) is 18.0 Å². The van der Waals surface area contributed by atoms with Crippen molar-refractivity contribution in [2.24, 2.45) is 0 Å². The Bertz CT molecular complexity index is 838. The van der Waals surface area contributed by atoms with Gasteiger partial charge in [-0.15, -0.1) is 0 Å². The highest BCUT2D eigenvalue weighted by Gasteiger charge is 2.16. The number of amides is 1. The number of para-hydroxylation sites is 1. The number of fused-ring (bicyclic) bond motifs is 1. The zero-order valence-electron chi connectivity index (χ0n) is 11.6. The molecule has 112 valence electrons. The highest BCUT2D eigenvalue weighted by Crippen LogP contribution is 2.25. The van der Waals surface area contributed by atoms with E-state index in [1.54, 1.807) is 18.2 Å². The third-order valence-corrected chi connectivity index (χ3v) is 3.33. The molecule has 1 heterocycles. The summed E-state index contributed by atoms with van der Waals surface area (Å²) >= 11 is 0. The highest BCUT2D eigenvalue weighted by molar-refractivity contribution is 6.13. The Kier molecular flexibility index (Phi) is 3.50. The molecule has 0 radical (unpaired) electrons. The molecule has 2 N–H and O–H groups in total. The van der Waals surface area contributed by atoms with Crippen LogP contribution in [0.2, 0.25) is 0 Å². The Morgan fingerprint density at radius 3 is 2.59 bits per heavy atom. The Hall–Kier alpha value is -2.89. The van der Waals surface area contributed by atoms with Gasteiger partial charge in [0.15, 0.2) is 0 Å². The van der Waals surface area contributed by atoms with Gasteiger partial charge < -0.3 is 15.0 Å². The fraction of sp³-hybridized carbons (Fsp3) is 0.0625. The molecule has 0 saturated heterocycles. The second-order valence-electron chi connectivity index (χ2n) is 4.66. The van der Waals surface area contributed by atoms with Crippen LogP contribution in [0, 0.1) is 11.6 Å². The molecule has 0 aliphatic carbocycles. The van der Waals surface area contributed by atoms with Crippen LogP contribution in [0.3, 0.4) is 0 Å². The molecule has 22 heavy (non-hydrogen) atoms. The van der Waals surface area contributed by atoms with Gasteiger partial charge in [0.05, 0.1) is 12.7 Å². The first-order chi connectivity index (χ1) is 10.6. The van der Waals surface area contributed by atoms with E-state index in [0.29, 0.717) is 11.1 Å². The van der Waals surface area contributed by atoms with Crippen molar-refractivity contribution in [2.75, 3.05) is 12.4 Å². The van der Waals surface area contributed by atoms with Crippen LogP contribution in [0.15, 0.2) is 42.6 Å². The third kappa shape index (κ3) is 2.39. The number of halogens is 2. The number of rotatable bonds is 3. The number of anilines is 1. The number of H-pyrrole nitrogens is 1. The summed E-state index contributed by atoms with van der Waals surface area (Å²) in [5, 5.41) is 2.87. The molecule has 3 rings (SSSR count). The van der Waals surface area contributed by atoms with Crippen LogP contribution in [0.25, 0.3) is 10.9 Å². The molecule has 1 amide bonds. The molecule has 0 bridgehead atoms. The highest BCUT2D eigenvalue weighted by atomic mass is 19.1. The van der Waals surface area contributed by atoms with Crippen LogP contribution in [0.5, 0.6) is 5.75 Å². The second kappa shape index (κ2) is 5.48. The minimum atomic E-state index is -0.828. The topological polar surface area (TPSA) is 54.1 Å². The number of aromatic nitrogens is 1. The molecule has 1 aromatic heterocycles. The molecule has 0 atom stereocenters. The average molecular weight is 302 g/mol. The summed E-state index contributed by atoms with van der Waals surface area (Å²) in [6, 6.07) is 8.58. The molecule has 0 unspecified atom stereocenters. The fourth-order valence-corrected chi connectivity index (χ4v) is 2.21. The maximum Gasteiger partial charge on any atom is 0.257 e. The third-order valence-electron chi connectivity index (χ3n) is 3.33. The van der Waals surface area contributed by atoms with Crippen LogP contribution in [-0.2, 0) is 0 Å². The van der Waals surface area contributed by atoms with E-state index in [9.17, 15) is 13.6 Å². The standard InChI is InChI=1S/C16H12F2N2O2/c1-22-9-5-6-14-10(7-9)11(8-19-14)16(21)20-15-12(17)3-2-4-13(15)18/h2-8,19H,1H3,(H,20,21). The summed E-state index contributed by atoms with van der Waals surface area (Å²) in [6.07, 6.45) is 1.48. The summed E-state index contributed by atoms with van der Waals surface area (Å²) < 4.78 is 32.3. The fourth-order valence-electron chi connectivity index (χ4n) is 2.21. The van der Waals surface area contributed by atoms with Crippen LogP contribution in [0.4, 0.5) is 14.5 Å². The van der Waals surface area contributed by atoms with E-state index in [1.807, 2.05) is 0 Å². The van der Waals surface area contributed by atoms with Crippen LogP contribution >= 0.6 is 0 Å². The Balaban J connectivity index is 1.99. The van der Waals surface area contributed by atoms with E-state index in [1.165, 1.54) is 19.4 Å².